The molecule has 0 aliphatic carbocycles. The summed E-state index contributed by atoms with van der Waals surface area (Å²) in [6.45, 7) is 3.44. The molecule has 2 atom stereocenters. The van der Waals surface area contributed by atoms with Crippen LogP contribution in [-0.2, 0) is 4.79 Å². The van der Waals surface area contributed by atoms with E-state index in [1.807, 2.05) is 12.1 Å². The summed E-state index contributed by atoms with van der Waals surface area (Å²) in [6, 6.07) is 7.02. The van der Waals surface area contributed by atoms with Gasteiger partial charge in [-0.1, -0.05) is 18.2 Å². The second-order valence-corrected chi connectivity index (χ2v) is 3.99. The summed E-state index contributed by atoms with van der Waals surface area (Å²) < 4.78 is 0. The van der Waals surface area contributed by atoms with E-state index < -0.39 is 6.10 Å². The van der Waals surface area contributed by atoms with Crippen molar-refractivity contribution in [3.63, 3.8) is 0 Å². The minimum absolute atomic E-state index is 0.136. The molecular formula is C12H18N2O2. The van der Waals surface area contributed by atoms with Crippen LogP contribution in [0.25, 0.3) is 0 Å². The first-order valence-electron chi connectivity index (χ1n) is 5.33. The van der Waals surface area contributed by atoms with Gasteiger partial charge in [0.1, 0.15) is 0 Å². The van der Waals surface area contributed by atoms with Gasteiger partial charge in [0.2, 0.25) is 5.91 Å². The van der Waals surface area contributed by atoms with Gasteiger partial charge in [-0.2, -0.15) is 0 Å². The van der Waals surface area contributed by atoms with E-state index >= 15 is 0 Å². The summed E-state index contributed by atoms with van der Waals surface area (Å²) in [4.78, 5) is 11.5. The van der Waals surface area contributed by atoms with E-state index in [0.717, 1.165) is 0 Å². The van der Waals surface area contributed by atoms with Gasteiger partial charge in [0.25, 0.3) is 0 Å². The number of carbonyl (C=O) groups excluding carboxylic acids is 1. The first-order valence-corrected chi connectivity index (χ1v) is 5.33. The lowest BCUT2D eigenvalue weighted by Crippen LogP contribution is -2.24. The highest BCUT2D eigenvalue weighted by molar-refractivity contribution is 5.91. The number of hydrogen-bond donors (Lipinski definition) is 3. The van der Waals surface area contributed by atoms with Crippen LogP contribution in [0.1, 0.15) is 31.9 Å². The van der Waals surface area contributed by atoms with Crippen molar-refractivity contribution < 1.29 is 9.90 Å². The van der Waals surface area contributed by atoms with Gasteiger partial charge in [0, 0.05) is 23.7 Å². The Morgan fingerprint density at radius 1 is 1.44 bits per heavy atom. The number of hydrogen-bond acceptors (Lipinski definition) is 3. The molecule has 88 valence electrons. The monoisotopic (exact) mass is 222 g/mol. The Bertz CT molecular complexity index is 362. The molecule has 0 aromatic heterocycles. The van der Waals surface area contributed by atoms with Crippen molar-refractivity contribution in [2.75, 3.05) is 5.32 Å². The molecular weight excluding hydrogens is 204 g/mol. The van der Waals surface area contributed by atoms with E-state index in [9.17, 15) is 9.90 Å². The zero-order valence-corrected chi connectivity index (χ0v) is 9.60. The number of aliphatic hydroxyl groups excluding tert-OH is 1. The van der Waals surface area contributed by atoms with Crippen molar-refractivity contribution in [1.82, 2.24) is 0 Å². The molecule has 0 bridgehead atoms. The summed E-state index contributed by atoms with van der Waals surface area (Å²) in [5.41, 5.74) is 6.89. The molecule has 0 radical (unpaired) electrons. The molecule has 4 heteroatoms. The fraction of sp³-hybridized carbons (Fsp3) is 0.417. The second-order valence-electron chi connectivity index (χ2n) is 3.99. The third-order valence-electron chi connectivity index (χ3n) is 2.19. The summed E-state index contributed by atoms with van der Waals surface area (Å²) in [5.74, 6) is -0.136. The highest BCUT2D eigenvalue weighted by atomic mass is 16.3. The largest absolute Gasteiger partial charge is 0.389 e. The number of rotatable bonds is 4. The van der Waals surface area contributed by atoms with Gasteiger partial charge in [-0.3, -0.25) is 4.79 Å². The van der Waals surface area contributed by atoms with E-state index in [0.29, 0.717) is 11.3 Å². The second kappa shape index (κ2) is 5.63. The van der Waals surface area contributed by atoms with Gasteiger partial charge in [0.15, 0.2) is 0 Å². The number of benzene rings is 1. The fourth-order valence-electron chi connectivity index (χ4n) is 1.47. The van der Waals surface area contributed by atoms with Crippen LogP contribution in [0.3, 0.4) is 0 Å². The zero-order valence-electron chi connectivity index (χ0n) is 9.60. The molecule has 1 amide bonds. The Hall–Kier alpha value is -1.39. The van der Waals surface area contributed by atoms with E-state index in [2.05, 4.69) is 5.32 Å². The molecule has 1 aromatic carbocycles. The Balaban J connectivity index is 2.77. The maximum Gasteiger partial charge on any atom is 0.225 e. The number of nitrogens with two attached hydrogens (primary N) is 1. The highest BCUT2D eigenvalue weighted by Crippen LogP contribution is 2.22. The molecule has 1 rings (SSSR count). The fourth-order valence-corrected chi connectivity index (χ4v) is 1.47. The van der Waals surface area contributed by atoms with Crippen molar-refractivity contribution in [2.24, 2.45) is 5.73 Å². The van der Waals surface area contributed by atoms with Gasteiger partial charge in [-0.05, 0) is 19.9 Å². The lowest BCUT2D eigenvalue weighted by molar-refractivity contribution is -0.116. The molecule has 0 aliphatic rings. The van der Waals surface area contributed by atoms with Crippen molar-refractivity contribution in [3.8, 4) is 0 Å². The summed E-state index contributed by atoms with van der Waals surface area (Å²) in [6.07, 6.45) is -0.333. The maximum absolute atomic E-state index is 11.5. The van der Waals surface area contributed by atoms with Crippen molar-refractivity contribution >= 4 is 11.6 Å². The number of nitrogens with one attached hydrogen (secondary N) is 1. The molecule has 16 heavy (non-hydrogen) atoms. The number of aliphatic hydroxyl groups is 1. The summed E-state index contributed by atoms with van der Waals surface area (Å²) in [5, 5.41) is 12.3. The number of anilines is 1. The van der Waals surface area contributed by atoms with E-state index in [-0.39, 0.29) is 18.4 Å². The van der Waals surface area contributed by atoms with Crippen LogP contribution in [-0.4, -0.2) is 17.1 Å². The van der Waals surface area contributed by atoms with E-state index in [1.54, 1.807) is 26.0 Å². The Kier molecular flexibility index (Phi) is 4.46. The molecule has 4 nitrogen and oxygen atoms in total. The molecule has 0 fully saturated rings. The predicted molar refractivity (Wildman–Crippen MR) is 64.0 cm³/mol. The van der Waals surface area contributed by atoms with Gasteiger partial charge < -0.3 is 16.2 Å². The van der Waals surface area contributed by atoms with Crippen LogP contribution in [0.15, 0.2) is 24.3 Å². The molecule has 0 spiro atoms. The van der Waals surface area contributed by atoms with Crippen LogP contribution < -0.4 is 11.1 Å². The van der Waals surface area contributed by atoms with Gasteiger partial charge in [-0.25, -0.2) is 0 Å². The molecule has 2 unspecified atom stereocenters. The SMILES string of the molecule is CC(N)CC(=O)Nc1ccccc1C(C)O. The van der Waals surface area contributed by atoms with Gasteiger partial charge in [0.05, 0.1) is 6.10 Å². The molecule has 0 heterocycles. The van der Waals surface area contributed by atoms with Crippen molar-refractivity contribution in [1.29, 1.82) is 0 Å². The van der Waals surface area contributed by atoms with E-state index in [1.165, 1.54) is 0 Å². The Morgan fingerprint density at radius 2 is 2.06 bits per heavy atom. The van der Waals surface area contributed by atoms with Gasteiger partial charge >= 0.3 is 0 Å². The highest BCUT2D eigenvalue weighted by Gasteiger charge is 2.10. The van der Waals surface area contributed by atoms with Crippen LogP contribution in [0.2, 0.25) is 0 Å². The first kappa shape index (κ1) is 12.7. The lowest BCUT2D eigenvalue weighted by atomic mass is 10.1. The summed E-state index contributed by atoms with van der Waals surface area (Å²) >= 11 is 0. The van der Waals surface area contributed by atoms with Crippen LogP contribution >= 0.6 is 0 Å². The van der Waals surface area contributed by atoms with E-state index in [4.69, 9.17) is 5.73 Å². The molecule has 0 aliphatic heterocycles. The first-order chi connectivity index (χ1) is 7.50. The number of para-hydroxylation sites is 1. The Morgan fingerprint density at radius 3 is 2.62 bits per heavy atom. The maximum atomic E-state index is 11.5. The minimum Gasteiger partial charge on any atom is -0.389 e. The number of carbonyl (C=O) groups is 1. The summed E-state index contributed by atoms with van der Waals surface area (Å²) in [7, 11) is 0. The van der Waals surface area contributed by atoms with Crippen LogP contribution in [0.5, 0.6) is 0 Å². The molecule has 1 aromatic rings. The third kappa shape index (κ3) is 3.64. The van der Waals surface area contributed by atoms with Crippen LogP contribution in [0, 0.1) is 0 Å². The zero-order chi connectivity index (χ0) is 12.1. The smallest absolute Gasteiger partial charge is 0.225 e. The predicted octanol–water partition coefficient (Wildman–Crippen LogP) is 1.42. The average molecular weight is 222 g/mol. The van der Waals surface area contributed by atoms with Gasteiger partial charge in [-0.15, -0.1) is 0 Å². The molecule has 4 N–H and O–H groups in total. The standard InChI is InChI=1S/C12H18N2O2/c1-8(13)7-12(16)14-11-6-4-3-5-10(11)9(2)15/h3-6,8-9,15H,7,13H2,1-2H3,(H,14,16). The van der Waals surface area contributed by atoms with Crippen molar-refractivity contribution in [3.05, 3.63) is 29.8 Å². The van der Waals surface area contributed by atoms with Crippen LogP contribution in [0.4, 0.5) is 5.69 Å². The Labute approximate surface area is 95.5 Å². The quantitative estimate of drug-likeness (QED) is 0.721. The van der Waals surface area contributed by atoms with Crippen molar-refractivity contribution in [2.45, 2.75) is 32.4 Å². The average Bonchev–Trinajstić information content (AvgIpc) is 2.16. The molecule has 0 saturated heterocycles. The third-order valence-corrected chi connectivity index (χ3v) is 2.19. The normalized spacial score (nSPS) is 14.2. The molecule has 0 saturated carbocycles. The number of amides is 1. The lowest BCUT2D eigenvalue weighted by Gasteiger charge is -2.13. The topological polar surface area (TPSA) is 75.4 Å². The minimum atomic E-state index is -0.605.